The van der Waals surface area contributed by atoms with Gasteiger partial charge < -0.3 is 9.64 Å². The number of hydrogen-bond acceptors (Lipinski definition) is 6. The molecule has 1 fully saturated rings. The quantitative estimate of drug-likeness (QED) is 0.504. The van der Waals surface area contributed by atoms with E-state index in [2.05, 4.69) is 10.3 Å². The zero-order valence-electron chi connectivity index (χ0n) is 22.3. The van der Waals surface area contributed by atoms with E-state index in [1.165, 1.54) is 26.2 Å². The third-order valence-electron chi connectivity index (χ3n) is 6.83. The van der Waals surface area contributed by atoms with Crippen LogP contribution in [0.1, 0.15) is 41.9 Å². The Labute approximate surface area is 228 Å². The monoisotopic (exact) mass is 550 g/mol. The van der Waals surface area contributed by atoms with Gasteiger partial charge in [-0.3, -0.25) is 10.1 Å². The molecule has 1 aliphatic carbocycles. The van der Waals surface area contributed by atoms with Crippen LogP contribution in [0.5, 0.6) is 11.8 Å². The standard InChI is InChI=1S/C28H28F2N6O4/c1-16-7-10-19(40-27-33-26(38)34(2)28(39)35(27)3)14-22(16)31-25-32-23(37)6-4-5-11-36(25)15-17-12-20(18-8-9-18)24(30)21(29)13-17/h4,6-7,10,12-14,18H,5,8-9,11,15H2,1-3H3,(H,31,32,37)/b6-4-. The summed E-state index contributed by atoms with van der Waals surface area (Å²) < 4.78 is 36.5. The van der Waals surface area contributed by atoms with Crippen molar-refractivity contribution in [1.29, 1.82) is 0 Å². The van der Waals surface area contributed by atoms with Crippen LogP contribution in [0.2, 0.25) is 0 Å². The van der Waals surface area contributed by atoms with Gasteiger partial charge in [-0.05, 0) is 67.0 Å². The Kier molecular flexibility index (Phi) is 7.33. The Morgan fingerprint density at radius 1 is 1.10 bits per heavy atom. The Bertz CT molecular complexity index is 1670. The molecule has 208 valence electrons. The lowest BCUT2D eigenvalue weighted by molar-refractivity contribution is -0.115. The number of nitrogens with zero attached hydrogens (tertiary/aromatic N) is 5. The van der Waals surface area contributed by atoms with Crippen molar-refractivity contribution >= 4 is 17.6 Å². The molecule has 10 nitrogen and oxygen atoms in total. The van der Waals surface area contributed by atoms with E-state index in [9.17, 15) is 23.2 Å². The minimum Gasteiger partial charge on any atom is -0.425 e. The van der Waals surface area contributed by atoms with E-state index in [0.717, 1.165) is 27.5 Å². The summed E-state index contributed by atoms with van der Waals surface area (Å²) in [6.45, 7) is 2.47. The number of rotatable bonds is 6. The number of aryl methyl sites for hydroxylation is 1. The van der Waals surface area contributed by atoms with Gasteiger partial charge in [-0.1, -0.05) is 18.2 Å². The Hall–Kier alpha value is -4.61. The number of aliphatic imine (C=N–C) groups is 1. The third kappa shape index (κ3) is 5.70. The molecule has 0 saturated heterocycles. The number of nitrogens with one attached hydrogen (secondary N) is 1. The highest BCUT2D eigenvalue weighted by Gasteiger charge is 2.29. The summed E-state index contributed by atoms with van der Waals surface area (Å²) in [7, 11) is 2.75. The molecular weight excluding hydrogens is 522 g/mol. The van der Waals surface area contributed by atoms with E-state index in [4.69, 9.17) is 9.73 Å². The summed E-state index contributed by atoms with van der Waals surface area (Å²) in [4.78, 5) is 47.1. The first-order valence-corrected chi connectivity index (χ1v) is 12.8. The van der Waals surface area contributed by atoms with E-state index in [1.807, 2.05) is 6.92 Å². The Balaban J connectivity index is 1.49. The van der Waals surface area contributed by atoms with Gasteiger partial charge in [0.2, 0.25) is 11.9 Å². The van der Waals surface area contributed by atoms with Crippen molar-refractivity contribution in [2.45, 2.75) is 38.6 Å². The summed E-state index contributed by atoms with van der Waals surface area (Å²) in [5.74, 6) is -1.56. The van der Waals surface area contributed by atoms with Gasteiger partial charge in [-0.2, -0.15) is 0 Å². The molecule has 1 saturated carbocycles. The minimum absolute atomic E-state index is 0.0294. The lowest BCUT2D eigenvalue weighted by Gasteiger charge is -2.27. The van der Waals surface area contributed by atoms with Crippen LogP contribution in [0.4, 0.5) is 14.5 Å². The average molecular weight is 551 g/mol. The number of amides is 1. The summed E-state index contributed by atoms with van der Waals surface area (Å²) in [6.07, 6.45) is 5.35. The zero-order valence-corrected chi connectivity index (χ0v) is 22.3. The van der Waals surface area contributed by atoms with Crippen molar-refractivity contribution in [3.05, 3.63) is 91.8 Å². The van der Waals surface area contributed by atoms with Crippen molar-refractivity contribution in [2.24, 2.45) is 19.1 Å². The largest absolute Gasteiger partial charge is 0.425 e. The number of carbonyl (C=O) groups is 1. The molecule has 40 heavy (non-hydrogen) atoms. The highest BCUT2D eigenvalue weighted by Crippen LogP contribution is 2.42. The predicted molar refractivity (Wildman–Crippen MR) is 144 cm³/mol. The number of carbonyl (C=O) groups excluding carboxylic acids is 1. The van der Waals surface area contributed by atoms with Crippen LogP contribution in [0, 0.1) is 18.6 Å². The van der Waals surface area contributed by atoms with Crippen molar-refractivity contribution in [3.8, 4) is 11.8 Å². The van der Waals surface area contributed by atoms with E-state index in [-0.39, 0.29) is 36.1 Å². The number of hydrogen-bond donors (Lipinski definition) is 1. The molecule has 0 bridgehead atoms. The van der Waals surface area contributed by atoms with Crippen molar-refractivity contribution in [1.82, 2.24) is 24.3 Å². The molecule has 0 spiro atoms. The highest BCUT2D eigenvalue weighted by atomic mass is 19.2. The predicted octanol–water partition coefficient (Wildman–Crippen LogP) is 3.30. The summed E-state index contributed by atoms with van der Waals surface area (Å²) >= 11 is 0. The average Bonchev–Trinajstić information content (AvgIpc) is 3.75. The molecule has 1 amide bonds. The van der Waals surface area contributed by atoms with Gasteiger partial charge in [0.05, 0.1) is 5.69 Å². The SMILES string of the molecule is Cc1ccc(Oc2nc(=O)n(C)c(=O)n2C)cc1N=C1NC(=O)/C=C\CCN1Cc1cc(F)c(F)c(C2CC2)c1. The fraction of sp³-hybridized carbons (Fsp3) is 0.321. The van der Waals surface area contributed by atoms with Crippen LogP contribution in [0.25, 0.3) is 0 Å². The third-order valence-corrected chi connectivity index (χ3v) is 6.83. The van der Waals surface area contributed by atoms with E-state index in [1.54, 1.807) is 35.2 Å². The smallest absolute Gasteiger partial charge is 0.356 e. The molecule has 0 atom stereocenters. The molecule has 1 N–H and O–H groups in total. The number of ether oxygens (including phenoxy) is 1. The van der Waals surface area contributed by atoms with E-state index < -0.39 is 23.0 Å². The number of benzene rings is 2. The molecule has 0 unspecified atom stereocenters. The maximum Gasteiger partial charge on any atom is 0.356 e. The fourth-order valence-electron chi connectivity index (χ4n) is 4.39. The summed E-state index contributed by atoms with van der Waals surface area (Å²) in [5, 5.41) is 2.78. The molecule has 2 heterocycles. The summed E-state index contributed by atoms with van der Waals surface area (Å²) in [6, 6.07) is 7.64. The second kappa shape index (κ2) is 10.9. The normalized spacial score (nSPS) is 17.4. The number of guanidine groups is 1. The Morgan fingerprint density at radius 3 is 2.62 bits per heavy atom. The maximum absolute atomic E-state index is 14.4. The zero-order chi connectivity index (χ0) is 28.6. The van der Waals surface area contributed by atoms with Gasteiger partial charge in [0.1, 0.15) is 5.75 Å². The number of aromatic nitrogens is 3. The minimum atomic E-state index is -0.895. The molecule has 2 aliphatic rings. The fourth-order valence-corrected chi connectivity index (χ4v) is 4.39. The Morgan fingerprint density at radius 2 is 1.88 bits per heavy atom. The molecule has 1 aromatic heterocycles. The molecular formula is C28H28F2N6O4. The van der Waals surface area contributed by atoms with Crippen molar-refractivity contribution in [2.75, 3.05) is 6.54 Å². The van der Waals surface area contributed by atoms with Crippen molar-refractivity contribution in [3.63, 3.8) is 0 Å². The molecule has 2 aromatic carbocycles. The lowest BCUT2D eigenvalue weighted by Crippen LogP contribution is -2.44. The van der Waals surface area contributed by atoms with Crippen LogP contribution in [-0.2, 0) is 25.4 Å². The molecule has 1 aliphatic heterocycles. The topological polar surface area (TPSA) is 111 Å². The first-order valence-electron chi connectivity index (χ1n) is 12.8. The van der Waals surface area contributed by atoms with Crippen LogP contribution in [0.3, 0.4) is 0 Å². The first kappa shape index (κ1) is 27.0. The second-order valence-electron chi connectivity index (χ2n) is 9.92. The molecule has 3 aromatic rings. The van der Waals surface area contributed by atoms with Crippen LogP contribution in [0.15, 0.2) is 57.1 Å². The van der Waals surface area contributed by atoms with Gasteiger partial charge >= 0.3 is 17.4 Å². The van der Waals surface area contributed by atoms with E-state index >= 15 is 0 Å². The van der Waals surface area contributed by atoms with Crippen molar-refractivity contribution < 1.29 is 18.3 Å². The summed E-state index contributed by atoms with van der Waals surface area (Å²) in [5.41, 5.74) is 0.795. The van der Waals surface area contributed by atoms with Gasteiger partial charge in [0.25, 0.3) is 0 Å². The molecule has 5 rings (SSSR count). The lowest BCUT2D eigenvalue weighted by atomic mass is 10.1. The molecule has 12 heteroatoms. The van der Waals surface area contributed by atoms with E-state index in [0.29, 0.717) is 29.8 Å². The van der Waals surface area contributed by atoms with Gasteiger partial charge in [-0.15, -0.1) is 4.98 Å². The van der Waals surface area contributed by atoms with Crippen LogP contribution in [-0.4, -0.2) is 37.4 Å². The van der Waals surface area contributed by atoms with Crippen LogP contribution >= 0.6 is 0 Å². The number of halogens is 2. The maximum atomic E-state index is 14.4. The van der Waals surface area contributed by atoms with Crippen LogP contribution < -0.4 is 21.4 Å². The van der Waals surface area contributed by atoms with Gasteiger partial charge in [-0.25, -0.2) is 32.5 Å². The first-order chi connectivity index (χ1) is 19.1. The second-order valence-corrected chi connectivity index (χ2v) is 9.92. The van der Waals surface area contributed by atoms with Gasteiger partial charge in [0, 0.05) is 33.3 Å². The highest BCUT2D eigenvalue weighted by molar-refractivity contribution is 6.03. The molecule has 0 radical (unpaired) electrons. The van der Waals surface area contributed by atoms with Gasteiger partial charge in [0.15, 0.2) is 11.6 Å².